The fourth-order valence-electron chi connectivity index (χ4n) is 3.30. The molecule has 164 valence electrons. The SMILES string of the molecule is COC(=O)c1ccc(/C=N\NC(=O)C2CCN(S(=O)(=O)c3ccc(C)cc3)CC2)cc1. The maximum atomic E-state index is 12.8. The van der Waals surface area contributed by atoms with Gasteiger partial charge >= 0.3 is 5.97 Å². The number of aryl methyl sites for hydroxylation is 1. The zero-order chi connectivity index (χ0) is 22.4. The lowest BCUT2D eigenvalue weighted by Gasteiger charge is -2.30. The van der Waals surface area contributed by atoms with E-state index in [4.69, 9.17) is 0 Å². The molecule has 0 bridgehead atoms. The summed E-state index contributed by atoms with van der Waals surface area (Å²) >= 11 is 0. The normalized spacial score (nSPS) is 15.7. The minimum atomic E-state index is -3.55. The number of sulfonamides is 1. The van der Waals surface area contributed by atoms with Crippen molar-refractivity contribution in [2.45, 2.75) is 24.7 Å². The van der Waals surface area contributed by atoms with Crippen LogP contribution in [-0.4, -0.2) is 51.0 Å². The third kappa shape index (κ3) is 5.56. The van der Waals surface area contributed by atoms with E-state index in [0.717, 1.165) is 5.56 Å². The molecule has 0 aromatic heterocycles. The molecule has 0 atom stereocenters. The van der Waals surface area contributed by atoms with E-state index < -0.39 is 16.0 Å². The van der Waals surface area contributed by atoms with Crippen molar-refractivity contribution in [3.8, 4) is 0 Å². The molecule has 8 nitrogen and oxygen atoms in total. The van der Waals surface area contributed by atoms with E-state index in [-0.39, 0.29) is 29.8 Å². The standard InChI is InChI=1S/C22H25N3O5S/c1-16-3-9-20(10-4-16)31(28,29)25-13-11-18(12-14-25)21(26)24-23-15-17-5-7-19(8-6-17)22(27)30-2/h3-10,15,18H,11-14H2,1-2H3,(H,24,26)/b23-15-. The molecule has 1 heterocycles. The van der Waals surface area contributed by atoms with Crippen LogP contribution in [0.3, 0.4) is 0 Å². The zero-order valence-electron chi connectivity index (χ0n) is 17.4. The molecular formula is C22H25N3O5S. The Morgan fingerprint density at radius 2 is 1.68 bits per heavy atom. The molecule has 2 aromatic rings. The number of carbonyl (C=O) groups excluding carboxylic acids is 2. The van der Waals surface area contributed by atoms with Crippen LogP contribution in [0, 0.1) is 12.8 Å². The highest BCUT2D eigenvalue weighted by Crippen LogP contribution is 2.24. The topological polar surface area (TPSA) is 105 Å². The second-order valence-electron chi connectivity index (χ2n) is 7.34. The summed E-state index contributed by atoms with van der Waals surface area (Å²) in [6, 6.07) is 13.4. The highest BCUT2D eigenvalue weighted by atomic mass is 32.2. The van der Waals surface area contributed by atoms with Crippen LogP contribution in [0.5, 0.6) is 0 Å². The number of hydrazone groups is 1. The number of amides is 1. The summed E-state index contributed by atoms with van der Waals surface area (Å²) in [6.45, 7) is 2.47. The minimum Gasteiger partial charge on any atom is -0.465 e. The van der Waals surface area contributed by atoms with Crippen LogP contribution in [-0.2, 0) is 19.6 Å². The Hall–Kier alpha value is -3.04. The fraction of sp³-hybridized carbons (Fsp3) is 0.318. The van der Waals surface area contributed by atoms with Gasteiger partial charge in [-0.3, -0.25) is 4.79 Å². The molecular weight excluding hydrogens is 418 g/mol. The van der Waals surface area contributed by atoms with Gasteiger partial charge in [-0.2, -0.15) is 9.41 Å². The van der Waals surface area contributed by atoms with Crippen LogP contribution in [0.4, 0.5) is 0 Å². The molecule has 0 radical (unpaired) electrons. The molecule has 1 N–H and O–H groups in total. The molecule has 0 saturated carbocycles. The highest BCUT2D eigenvalue weighted by Gasteiger charge is 2.32. The number of esters is 1. The van der Waals surface area contributed by atoms with Crippen molar-refractivity contribution < 1.29 is 22.7 Å². The van der Waals surface area contributed by atoms with Crippen LogP contribution in [0.2, 0.25) is 0 Å². The minimum absolute atomic E-state index is 0.241. The van der Waals surface area contributed by atoms with E-state index in [1.54, 1.807) is 48.5 Å². The second kappa shape index (κ2) is 9.84. The Kier molecular flexibility index (Phi) is 7.19. The van der Waals surface area contributed by atoms with Gasteiger partial charge in [0.1, 0.15) is 0 Å². The Morgan fingerprint density at radius 3 is 2.26 bits per heavy atom. The largest absolute Gasteiger partial charge is 0.465 e. The number of rotatable bonds is 6. The molecule has 1 aliphatic heterocycles. The van der Waals surface area contributed by atoms with Gasteiger partial charge in [-0.05, 0) is 49.6 Å². The predicted molar refractivity (Wildman–Crippen MR) is 116 cm³/mol. The molecule has 3 rings (SSSR count). The number of nitrogens with one attached hydrogen (secondary N) is 1. The number of ether oxygens (including phenoxy) is 1. The first-order valence-corrected chi connectivity index (χ1v) is 11.3. The highest BCUT2D eigenvalue weighted by molar-refractivity contribution is 7.89. The second-order valence-corrected chi connectivity index (χ2v) is 9.28. The smallest absolute Gasteiger partial charge is 0.337 e. The third-order valence-electron chi connectivity index (χ3n) is 5.20. The van der Waals surface area contributed by atoms with Crippen molar-refractivity contribution in [2.24, 2.45) is 11.0 Å². The fourth-order valence-corrected chi connectivity index (χ4v) is 4.77. The molecule has 0 aliphatic carbocycles. The Bertz CT molecular complexity index is 1060. The van der Waals surface area contributed by atoms with Crippen LogP contribution in [0.15, 0.2) is 58.5 Å². The number of nitrogens with zero attached hydrogens (tertiary/aromatic N) is 2. The lowest BCUT2D eigenvalue weighted by Crippen LogP contribution is -2.42. The molecule has 31 heavy (non-hydrogen) atoms. The Balaban J connectivity index is 1.51. The summed E-state index contributed by atoms with van der Waals surface area (Å²) in [4.78, 5) is 24.1. The number of benzene rings is 2. The van der Waals surface area contributed by atoms with Crippen molar-refractivity contribution in [1.29, 1.82) is 0 Å². The summed E-state index contributed by atoms with van der Waals surface area (Å²) in [5.41, 5.74) is 4.65. The molecule has 1 saturated heterocycles. The molecule has 0 unspecified atom stereocenters. The Morgan fingerprint density at radius 1 is 1.06 bits per heavy atom. The summed E-state index contributed by atoms with van der Waals surface area (Å²) in [7, 11) is -2.24. The number of hydrogen-bond donors (Lipinski definition) is 1. The first-order chi connectivity index (χ1) is 14.8. The van der Waals surface area contributed by atoms with E-state index in [2.05, 4.69) is 15.3 Å². The maximum absolute atomic E-state index is 12.8. The monoisotopic (exact) mass is 443 g/mol. The van der Waals surface area contributed by atoms with Crippen molar-refractivity contribution in [2.75, 3.05) is 20.2 Å². The number of methoxy groups -OCH3 is 1. The van der Waals surface area contributed by atoms with Gasteiger partial charge in [-0.25, -0.2) is 18.6 Å². The third-order valence-corrected chi connectivity index (χ3v) is 7.12. The molecule has 1 fully saturated rings. The Labute approximate surface area is 182 Å². The van der Waals surface area contributed by atoms with Crippen LogP contribution < -0.4 is 5.43 Å². The summed E-state index contributed by atoms with van der Waals surface area (Å²) in [5.74, 6) is -0.967. The average molecular weight is 444 g/mol. The van der Waals surface area contributed by atoms with E-state index in [9.17, 15) is 18.0 Å². The molecule has 1 amide bonds. The van der Waals surface area contributed by atoms with E-state index in [1.165, 1.54) is 17.6 Å². The van der Waals surface area contributed by atoms with Gasteiger partial charge < -0.3 is 4.74 Å². The lowest BCUT2D eigenvalue weighted by molar-refractivity contribution is -0.126. The molecule has 2 aromatic carbocycles. The summed E-state index contributed by atoms with van der Waals surface area (Å²) in [5, 5.41) is 3.96. The summed E-state index contributed by atoms with van der Waals surface area (Å²) < 4.78 is 31.6. The van der Waals surface area contributed by atoms with Gasteiger partial charge in [-0.1, -0.05) is 29.8 Å². The van der Waals surface area contributed by atoms with Crippen LogP contribution in [0.25, 0.3) is 0 Å². The van der Waals surface area contributed by atoms with E-state index in [0.29, 0.717) is 24.0 Å². The molecule has 0 spiro atoms. The maximum Gasteiger partial charge on any atom is 0.337 e. The van der Waals surface area contributed by atoms with E-state index >= 15 is 0 Å². The first kappa shape index (κ1) is 22.6. The first-order valence-electron chi connectivity index (χ1n) is 9.89. The zero-order valence-corrected chi connectivity index (χ0v) is 18.3. The predicted octanol–water partition coefficient (Wildman–Crippen LogP) is 2.33. The van der Waals surface area contributed by atoms with Gasteiger partial charge in [0.05, 0.1) is 23.8 Å². The van der Waals surface area contributed by atoms with Crippen molar-refractivity contribution >= 4 is 28.1 Å². The number of piperidine rings is 1. The van der Waals surface area contributed by atoms with Gasteiger partial charge in [-0.15, -0.1) is 0 Å². The van der Waals surface area contributed by atoms with Crippen molar-refractivity contribution in [1.82, 2.24) is 9.73 Å². The number of carbonyl (C=O) groups is 2. The quantitative estimate of drug-likeness (QED) is 0.419. The van der Waals surface area contributed by atoms with Gasteiger partial charge in [0.15, 0.2) is 0 Å². The van der Waals surface area contributed by atoms with Crippen molar-refractivity contribution in [3.63, 3.8) is 0 Å². The van der Waals surface area contributed by atoms with Gasteiger partial charge in [0, 0.05) is 19.0 Å². The van der Waals surface area contributed by atoms with E-state index in [1.807, 2.05) is 6.92 Å². The van der Waals surface area contributed by atoms with Gasteiger partial charge in [0.25, 0.3) is 0 Å². The molecule has 9 heteroatoms. The number of hydrogen-bond acceptors (Lipinski definition) is 6. The van der Waals surface area contributed by atoms with Gasteiger partial charge in [0.2, 0.25) is 15.9 Å². The van der Waals surface area contributed by atoms with Crippen molar-refractivity contribution in [3.05, 3.63) is 65.2 Å². The molecule has 1 aliphatic rings. The van der Waals surface area contributed by atoms with Crippen LogP contribution in [0.1, 0.15) is 34.3 Å². The average Bonchev–Trinajstić information content (AvgIpc) is 2.79. The van der Waals surface area contributed by atoms with Crippen LogP contribution >= 0.6 is 0 Å². The lowest BCUT2D eigenvalue weighted by atomic mass is 9.98. The summed E-state index contributed by atoms with van der Waals surface area (Å²) in [6.07, 6.45) is 2.34.